The Morgan fingerprint density at radius 1 is 1.06 bits per heavy atom. The molecule has 5 aromatic rings. The molecule has 3 aromatic heterocycles. The number of fused-ring (bicyclic) bond motifs is 1. The first-order chi connectivity index (χ1) is 15.3. The molecule has 0 saturated heterocycles. The summed E-state index contributed by atoms with van der Waals surface area (Å²) in [6.07, 6.45) is 4.26. The molecule has 31 heavy (non-hydrogen) atoms. The highest BCUT2D eigenvalue weighted by atomic mass is 32.1. The first-order valence-electron chi connectivity index (χ1n) is 9.86. The lowest BCUT2D eigenvalue weighted by Gasteiger charge is -2.05. The summed E-state index contributed by atoms with van der Waals surface area (Å²) in [5.74, 6) is -0.138. The third-order valence-corrected chi connectivity index (χ3v) is 5.81. The van der Waals surface area contributed by atoms with Gasteiger partial charge in [-0.1, -0.05) is 41.6 Å². The minimum Gasteiger partial charge on any atom is -0.356 e. The van der Waals surface area contributed by atoms with Gasteiger partial charge in [0, 0.05) is 35.4 Å². The fourth-order valence-electron chi connectivity index (χ4n) is 3.33. The lowest BCUT2D eigenvalue weighted by Crippen LogP contribution is -2.25. The number of nitrogens with one attached hydrogen (secondary N) is 1. The van der Waals surface area contributed by atoms with Crippen molar-refractivity contribution in [2.24, 2.45) is 0 Å². The monoisotopic (exact) mass is 426 g/mol. The lowest BCUT2D eigenvalue weighted by molar-refractivity contribution is 0.0954. The van der Waals surface area contributed by atoms with Crippen LogP contribution in [0.3, 0.4) is 0 Å². The average molecular weight is 427 g/mol. The van der Waals surface area contributed by atoms with E-state index in [1.165, 1.54) is 0 Å². The third kappa shape index (κ3) is 4.08. The van der Waals surface area contributed by atoms with Crippen molar-refractivity contribution >= 4 is 28.2 Å². The van der Waals surface area contributed by atoms with Gasteiger partial charge >= 0.3 is 0 Å². The van der Waals surface area contributed by atoms with Crippen LogP contribution < -0.4 is 5.32 Å². The average Bonchev–Trinajstić information content (AvgIpc) is 3.47. The number of hydrogen-bond donors (Lipinski definition) is 1. The van der Waals surface area contributed by atoms with E-state index in [1.807, 2.05) is 53.9 Å². The zero-order chi connectivity index (χ0) is 21.0. The van der Waals surface area contributed by atoms with Crippen molar-refractivity contribution in [3.63, 3.8) is 0 Å². The van der Waals surface area contributed by atoms with Crippen LogP contribution in [0, 0.1) is 0 Å². The van der Waals surface area contributed by atoms with E-state index in [2.05, 4.69) is 15.5 Å². The van der Waals surface area contributed by atoms with Crippen LogP contribution in [0.1, 0.15) is 15.9 Å². The van der Waals surface area contributed by atoms with Crippen LogP contribution in [0.15, 0.2) is 83.0 Å². The van der Waals surface area contributed by atoms with Gasteiger partial charge in [0.1, 0.15) is 16.4 Å². The number of carbonyl (C=O) groups excluding carboxylic acids is 1. The number of carbonyl (C=O) groups is 1. The van der Waals surface area contributed by atoms with Gasteiger partial charge in [0.2, 0.25) is 0 Å². The minimum absolute atomic E-state index is 0.138. The Kier molecular flexibility index (Phi) is 5.24. The molecule has 152 valence electrons. The van der Waals surface area contributed by atoms with E-state index in [0.29, 0.717) is 23.4 Å². The van der Waals surface area contributed by atoms with Crippen LogP contribution in [0.2, 0.25) is 0 Å². The van der Waals surface area contributed by atoms with Crippen molar-refractivity contribution in [3.05, 3.63) is 89.6 Å². The van der Waals surface area contributed by atoms with Gasteiger partial charge in [-0.3, -0.25) is 9.78 Å². The quantitative estimate of drug-likeness (QED) is 0.414. The highest BCUT2D eigenvalue weighted by Crippen LogP contribution is 2.32. The molecule has 0 aliphatic heterocycles. The standard InChI is InChI=1S/C24H18N4O2S/c29-23(26-12-10-16-5-4-11-25-14-16)18-8-9-21-19(13-18)22(28-30-21)20-15-31-24(27-20)17-6-2-1-3-7-17/h1-9,11,13-15H,10,12H2,(H,26,29). The Morgan fingerprint density at radius 3 is 2.81 bits per heavy atom. The molecule has 0 spiro atoms. The SMILES string of the molecule is O=C(NCCc1cccnc1)c1ccc2onc(-c3csc(-c4ccccc4)n3)c2c1. The van der Waals surface area contributed by atoms with Gasteiger partial charge in [0.15, 0.2) is 5.58 Å². The van der Waals surface area contributed by atoms with Crippen molar-refractivity contribution in [2.45, 2.75) is 6.42 Å². The van der Waals surface area contributed by atoms with E-state index < -0.39 is 0 Å². The molecule has 0 unspecified atom stereocenters. The molecule has 0 radical (unpaired) electrons. The second-order valence-electron chi connectivity index (χ2n) is 7.01. The van der Waals surface area contributed by atoms with Gasteiger partial charge in [-0.2, -0.15) is 0 Å². The van der Waals surface area contributed by atoms with Crippen molar-refractivity contribution in [1.29, 1.82) is 0 Å². The van der Waals surface area contributed by atoms with Crippen molar-refractivity contribution < 1.29 is 9.32 Å². The van der Waals surface area contributed by atoms with E-state index >= 15 is 0 Å². The number of amides is 1. The van der Waals surface area contributed by atoms with E-state index in [-0.39, 0.29) is 5.91 Å². The molecule has 0 bridgehead atoms. The van der Waals surface area contributed by atoms with Crippen LogP contribution in [0.25, 0.3) is 32.9 Å². The first kappa shape index (κ1) is 19.1. The van der Waals surface area contributed by atoms with Gasteiger partial charge in [-0.25, -0.2) is 4.98 Å². The summed E-state index contributed by atoms with van der Waals surface area (Å²) in [6.45, 7) is 0.533. The molecule has 3 heterocycles. The summed E-state index contributed by atoms with van der Waals surface area (Å²) in [7, 11) is 0. The number of rotatable bonds is 6. The summed E-state index contributed by atoms with van der Waals surface area (Å²) in [6, 6.07) is 19.2. The number of hydrogen-bond acceptors (Lipinski definition) is 6. The van der Waals surface area contributed by atoms with Gasteiger partial charge in [-0.15, -0.1) is 11.3 Å². The molecule has 1 amide bonds. The highest BCUT2D eigenvalue weighted by molar-refractivity contribution is 7.13. The summed E-state index contributed by atoms with van der Waals surface area (Å²) < 4.78 is 5.47. The molecular formula is C24H18N4O2S. The predicted molar refractivity (Wildman–Crippen MR) is 121 cm³/mol. The molecule has 7 heteroatoms. The van der Waals surface area contributed by atoms with Crippen LogP contribution in [0.4, 0.5) is 0 Å². The second kappa shape index (κ2) is 8.49. The molecule has 6 nitrogen and oxygen atoms in total. The van der Waals surface area contributed by atoms with Crippen LogP contribution >= 0.6 is 11.3 Å². The Balaban J connectivity index is 1.36. The summed E-state index contributed by atoms with van der Waals surface area (Å²) in [4.78, 5) is 21.5. The summed E-state index contributed by atoms with van der Waals surface area (Å²) >= 11 is 1.55. The van der Waals surface area contributed by atoms with Gasteiger partial charge in [0.25, 0.3) is 5.91 Å². The third-order valence-electron chi connectivity index (χ3n) is 4.92. The van der Waals surface area contributed by atoms with E-state index in [4.69, 9.17) is 9.51 Å². The lowest BCUT2D eigenvalue weighted by atomic mass is 10.1. The predicted octanol–water partition coefficient (Wildman–Crippen LogP) is 4.99. The molecule has 0 aliphatic rings. The van der Waals surface area contributed by atoms with E-state index in [9.17, 15) is 4.79 Å². The Hall–Kier alpha value is -3.84. The molecule has 5 rings (SSSR count). The smallest absolute Gasteiger partial charge is 0.251 e. The van der Waals surface area contributed by atoms with Crippen LogP contribution in [-0.2, 0) is 6.42 Å². The molecule has 2 aromatic carbocycles. The van der Waals surface area contributed by atoms with Crippen LogP contribution in [-0.4, -0.2) is 27.6 Å². The van der Waals surface area contributed by atoms with Crippen molar-refractivity contribution in [3.8, 4) is 22.0 Å². The maximum Gasteiger partial charge on any atom is 0.251 e. The number of thiazole rings is 1. The van der Waals surface area contributed by atoms with Gasteiger partial charge in [-0.05, 0) is 36.2 Å². The second-order valence-corrected chi connectivity index (χ2v) is 7.87. The zero-order valence-electron chi connectivity index (χ0n) is 16.5. The van der Waals surface area contributed by atoms with Crippen molar-refractivity contribution in [1.82, 2.24) is 20.4 Å². The maximum atomic E-state index is 12.6. The normalized spacial score (nSPS) is 11.0. The van der Waals surface area contributed by atoms with E-state index in [0.717, 1.165) is 33.6 Å². The number of benzene rings is 2. The van der Waals surface area contributed by atoms with Crippen molar-refractivity contribution in [2.75, 3.05) is 6.54 Å². The largest absolute Gasteiger partial charge is 0.356 e. The Labute approximate surface area is 182 Å². The fraction of sp³-hybridized carbons (Fsp3) is 0.0833. The topological polar surface area (TPSA) is 80.9 Å². The minimum atomic E-state index is -0.138. The highest BCUT2D eigenvalue weighted by Gasteiger charge is 2.16. The molecular weight excluding hydrogens is 408 g/mol. The Bertz CT molecular complexity index is 1330. The maximum absolute atomic E-state index is 12.6. The number of aromatic nitrogens is 3. The molecule has 1 N–H and O–H groups in total. The molecule has 0 aliphatic carbocycles. The number of pyridine rings is 1. The van der Waals surface area contributed by atoms with Gasteiger partial charge < -0.3 is 9.84 Å². The van der Waals surface area contributed by atoms with E-state index in [1.54, 1.807) is 35.9 Å². The first-order valence-corrected chi connectivity index (χ1v) is 10.7. The number of nitrogens with zero attached hydrogens (tertiary/aromatic N) is 3. The molecule has 0 fully saturated rings. The zero-order valence-corrected chi connectivity index (χ0v) is 17.3. The Morgan fingerprint density at radius 2 is 1.97 bits per heavy atom. The van der Waals surface area contributed by atoms with Crippen LogP contribution in [0.5, 0.6) is 0 Å². The molecule has 0 atom stereocenters. The summed E-state index contributed by atoms with van der Waals surface area (Å²) in [5, 5.41) is 10.8. The molecule has 0 saturated carbocycles. The van der Waals surface area contributed by atoms with Gasteiger partial charge in [0.05, 0.1) is 5.39 Å². The summed E-state index contributed by atoms with van der Waals surface area (Å²) in [5.41, 5.74) is 4.69. The fourth-order valence-corrected chi connectivity index (χ4v) is 4.14.